The summed E-state index contributed by atoms with van der Waals surface area (Å²) in [7, 11) is 4.02. The second kappa shape index (κ2) is 7.52. The van der Waals surface area contributed by atoms with Crippen LogP contribution >= 0.6 is 0 Å². The normalized spacial score (nSPS) is 16.0. The van der Waals surface area contributed by atoms with Crippen LogP contribution in [-0.2, 0) is 6.42 Å². The van der Waals surface area contributed by atoms with Gasteiger partial charge in [0.1, 0.15) is 5.69 Å². The molecule has 7 heteroatoms. The lowest BCUT2D eigenvalue weighted by atomic mass is 9.97. The highest BCUT2D eigenvalue weighted by molar-refractivity contribution is 6.07. The fourth-order valence-corrected chi connectivity index (χ4v) is 3.68. The average molecular weight is 389 g/mol. The average Bonchev–Trinajstić information content (AvgIpc) is 3.19. The number of anilines is 1. The van der Waals surface area contributed by atoms with Crippen molar-refractivity contribution in [2.45, 2.75) is 12.5 Å². The molecule has 0 bridgehead atoms. The van der Waals surface area contributed by atoms with E-state index in [-0.39, 0.29) is 23.3 Å². The Morgan fingerprint density at radius 3 is 2.45 bits per heavy atom. The van der Waals surface area contributed by atoms with Gasteiger partial charge in [-0.15, -0.1) is 0 Å². The molecule has 0 spiro atoms. The summed E-state index contributed by atoms with van der Waals surface area (Å²) >= 11 is 0. The van der Waals surface area contributed by atoms with Crippen molar-refractivity contribution in [3.8, 4) is 5.69 Å². The number of para-hydroxylation sites is 2. The van der Waals surface area contributed by atoms with Gasteiger partial charge in [0.15, 0.2) is 5.69 Å². The van der Waals surface area contributed by atoms with E-state index in [0.29, 0.717) is 12.2 Å². The van der Waals surface area contributed by atoms with Crippen molar-refractivity contribution in [2.24, 2.45) is 5.73 Å². The van der Waals surface area contributed by atoms with E-state index in [9.17, 15) is 9.59 Å². The highest BCUT2D eigenvalue weighted by Gasteiger charge is 2.32. The first-order valence-corrected chi connectivity index (χ1v) is 9.47. The lowest BCUT2D eigenvalue weighted by Crippen LogP contribution is -2.48. The molecule has 2 aromatic carbocycles. The molecule has 148 valence electrons. The van der Waals surface area contributed by atoms with Crippen LogP contribution in [0.3, 0.4) is 0 Å². The molecule has 4 rings (SSSR count). The smallest absolute Gasteiger partial charge is 0.278 e. The van der Waals surface area contributed by atoms with Gasteiger partial charge in [-0.25, -0.2) is 4.68 Å². The summed E-state index contributed by atoms with van der Waals surface area (Å²) in [6.07, 6.45) is 0.873. The zero-order chi connectivity index (χ0) is 20.5. The molecule has 0 saturated heterocycles. The van der Waals surface area contributed by atoms with Crippen molar-refractivity contribution in [3.63, 3.8) is 0 Å². The van der Waals surface area contributed by atoms with Crippen molar-refractivity contribution >= 4 is 17.5 Å². The first-order chi connectivity index (χ1) is 14.0. The molecule has 1 aromatic heterocycles. The SMILES string of the molecule is CN(C)C1Cc2ccccc2N(C(=O)c2cc(C(N)=O)n(-c3ccccc3)n2)C1. The van der Waals surface area contributed by atoms with Crippen molar-refractivity contribution < 1.29 is 9.59 Å². The summed E-state index contributed by atoms with van der Waals surface area (Å²) in [5, 5.41) is 4.43. The highest BCUT2D eigenvalue weighted by Crippen LogP contribution is 2.29. The zero-order valence-electron chi connectivity index (χ0n) is 16.4. The Kier molecular flexibility index (Phi) is 4.90. The molecule has 2 amide bonds. The first kappa shape index (κ1) is 18.9. The van der Waals surface area contributed by atoms with Gasteiger partial charge in [-0.3, -0.25) is 9.59 Å². The Morgan fingerprint density at radius 1 is 1.07 bits per heavy atom. The number of hydrogen-bond acceptors (Lipinski definition) is 4. The number of nitrogens with zero attached hydrogens (tertiary/aromatic N) is 4. The van der Waals surface area contributed by atoms with E-state index in [0.717, 1.165) is 17.7 Å². The van der Waals surface area contributed by atoms with Crippen LogP contribution in [0.5, 0.6) is 0 Å². The number of hydrogen-bond donors (Lipinski definition) is 1. The fraction of sp³-hybridized carbons (Fsp3) is 0.227. The van der Waals surface area contributed by atoms with Crippen molar-refractivity contribution in [1.29, 1.82) is 0 Å². The monoisotopic (exact) mass is 389 g/mol. The van der Waals surface area contributed by atoms with Crippen LogP contribution in [0.1, 0.15) is 26.5 Å². The Balaban J connectivity index is 1.76. The molecule has 1 unspecified atom stereocenters. The predicted molar refractivity (Wildman–Crippen MR) is 111 cm³/mol. The number of rotatable bonds is 4. The molecule has 1 aliphatic rings. The van der Waals surface area contributed by atoms with E-state index >= 15 is 0 Å². The highest BCUT2D eigenvalue weighted by atomic mass is 16.2. The van der Waals surface area contributed by atoms with Gasteiger partial charge in [0.25, 0.3) is 11.8 Å². The van der Waals surface area contributed by atoms with Gasteiger partial charge >= 0.3 is 0 Å². The maximum Gasteiger partial charge on any atom is 0.278 e. The van der Waals surface area contributed by atoms with Crippen LogP contribution in [0.15, 0.2) is 60.7 Å². The number of likely N-dealkylation sites (N-methyl/N-ethyl adjacent to an activating group) is 1. The third-order valence-corrected chi connectivity index (χ3v) is 5.29. The standard InChI is InChI=1S/C22H23N5O2/c1-25(2)17-12-15-8-6-7-11-19(15)26(14-17)22(29)18-13-20(21(23)28)27(24-18)16-9-4-3-5-10-16/h3-11,13,17H,12,14H2,1-2H3,(H2,23,28). The second-order valence-electron chi connectivity index (χ2n) is 7.39. The molecule has 0 saturated carbocycles. The van der Waals surface area contributed by atoms with Crippen LogP contribution in [0.25, 0.3) is 5.69 Å². The topological polar surface area (TPSA) is 84.5 Å². The molecule has 0 radical (unpaired) electrons. The number of primary amides is 1. The molecular weight excluding hydrogens is 366 g/mol. The minimum Gasteiger partial charge on any atom is -0.364 e. The summed E-state index contributed by atoms with van der Waals surface area (Å²) in [4.78, 5) is 29.3. The van der Waals surface area contributed by atoms with E-state index in [1.807, 2.05) is 68.7 Å². The largest absolute Gasteiger partial charge is 0.364 e. The Labute approximate surface area is 169 Å². The van der Waals surface area contributed by atoms with Crippen LogP contribution in [-0.4, -0.2) is 53.2 Å². The van der Waals surface area contributed by atoms with Crippen molar-refractivity contribution in [3.05, 3.63) is 77.6 Å². The van der Waals surface area contributed by atoms with Gasteiger partial charge in [0, 0.05) is 24.3 Å². The predicted octanol–water partition coefficient (Wildman–Crippen LogP) is 2.10. The van der Waals surface area contributed by atoms with Crippen LogP contribution in [0.2, 0.25) is 0 Å². The minimum absolute atomic E-state index is 0.175. The number of benzene rings is 2. The van der Waals surface area contributed by atoms with Crippen LogP contribution in [0, 0.1) is 0 Å². The second-order valence-corrected chi connectivity index (χ2v) is 7.39. The Hall–Kier alpha value is -3.45. The maximum absolute atomic E-state index is 13.4. The van der Waals surface area contributed by atoms with E-state index in [1.165, 1.54) is 10.7 Å². The van der Waals surface area contributed by atoms with E-state index in [2.05, 4.69) is 10.00 Å². The van der Waals surface area contributed by atoms with Gasteiger partial charge in [-0.05, 0) is 44.3 Å². The molecule has 0 aliphatic carbocycles. The molecule has 2 heterocycles. The number of carbonyl (C=O) groups excluding carboxylic acids is 2. The Bertz CT molecular complexity index is 1060. The van der Waals surface area contributed by atoms with Gasteiger partial charge in [0.2, 0.25) is 0 Å². The summed E-state index contributed by atoms with van der Waals surface area (Å²) in [6.45, 7) is 0.549. The number of nitrogens with two attached hydrogens (primary N) is 1. The number of amides is 2. The number of carbonyl (C=O) groups is 2. The summed E-state index contributed by atoms with van der Waals surface area (Å²) in [5.74, 6) is -0.883. The molecular formula is C22H23N5O2. The molecule has 0 fully saturated rings. The van der Waals surface area contributed by atoms with Crippen LogP contribution < -0.4 is 10.6 Å². The molecule has 2 N–H and O–H groups in total. The van der Waals surface area contributed by atoms with E-state index in [1.54, 1.807) is 4.90 Å². The minimum atomic E-state index is -0.634. The van der Waals surface area contributed by atoms with Gasteiger partial charge in [-0.2, -0.15) is 5.10 Å². The third-order valence-electron chi connectivity index (χ3n) is 5.29. The van der Waals surface area contributed by atoms with E-state index in [4.69, 9.17) is 5.73 Å². The molecule has 29 heavy (non-hydrogen) atoms. The zero-order valence-corrected chi connectivity index (χ0v) is 16.4. The van der Waals surface area contributed by atoms with Gasteiger partial charge in [-0.1, -0.05) is 36.4 Å². The summed E-state index contributed by atoms with van der Waals surface area (Å²) in [5.41, 5.74) is 8.58. The molecule has 7 nitrogen and oxygen atoms in total. The molecule has 3 aromatic rings. The number of fused-ring (bicyclic) bond motifs is 1. The number of aromatic nitrogens is 2. The van der Waals surface area contributed by atoms with Crippen LogP contribution in [0.4, 0.5) is 5.69 Å². The van der Waals surface area contributed by atoms with Crippen molar-refractivity contribution in [1.82, 2.24) is 14.7 Å². The third kappa shape index (κ3) is 3.52. The maximum atomic E-state index is 13.4. The van der Waals surface area contributed by atoms with Crippen molar-refractivity contribution in [2.75, 3.05) is 25.5 Å². The fourth-order valence-electron chi connectivity index (χ4n) is 3.68. The molecule has 1 aliphatic heterocycles. The summed E-state index contributed by atoms with van der Waals surface area (Å²) < 4.78 is 1.43. The van der Waals surface area contributed by atoms with E-state index < -0.39 is 5.91 Å². The quantitative estimate of drug-likeness (QED) is 0.741. The Morgan fingerprint density at radius 2 is 1.76 bits per heavy atom. The lowest BCUT2D eigenvalue weighted by molar-refractivity contribution is 0.0969. The lowest BCUT2D eigenvalue weighted by Gasteiger charge is -2.37. The first-order valence-electron chi connectivity index (χ1n) is 9.47. The molecule has 1 atom stereocenters. The van der Waals surface area contributed by atoms with Gasteiger partial charge < -0.3 is 15.5 Å². The summed E-state index contributed by atoms with van der Waals surface area (Å²) in [6, 6.07) is 18.7. The van der Waals surface area contributed by atoms with Gasteiger partial charge in [0.05, 0.1) is 5.69 Å².